The number of anilines is 1. The van der Waals surface area contributed by atoms with Crippen molar-refractivity contribution < 1.29 is 19.2 Å². The first-order chi connectivity index (χ1) is 16.6. The van der Waals surface area contributed by atoms with E-state index in [4.69, 9.17) is 23.2 Å². The van der Waals surface area contributed by atoms with E-state index in [2.05, 4.69) is 19.2 Å². The van der Waals surface area contributed by atoms with Crippen LogP contribution in [0.25, 0.3) is 0 Å². The number of nitro groups is 1. The highest BCUT2D eigenvalue weighted by Gasteiger charge is 2.72. The van der Waals surface area contributed by atoms with Gasteiger partial charge in [0.05, 0.1) is 17.5 Å². The highest BCUT2D eigenvalue weighted by molar-refractivity contribution is 6.31. The summed E-state index contributed by atoms with van der Waals surface area (Å²) in [4.78, 5) is 28.0. The molecule has 7 nitrogen and oxygen atoms in total. The molecule has 186 valence electrons. The lowest BCUT2D eigenvalue weighted by Crippen LogP contribution is -2.56. The molecule has 2 fully saturated rings. The smallest absolute Gasteiger partial charge is 0.250 e. The van der Waals surface area contributed by atoms with Crippen molar-refractivity contribution >= 4 is 34.8 Å². The summed E-state index contributed by atoms with van der Waals surface area (Å²) in [6.45, 7) is 3.67. The van der Waals surface area contributed by atoms with E-state index < -0.39 is 46.8 Å². The molecule has 3 aliphatic rings. The summed E-state index contributed by atoms with van der Waals surface area (Å²) >= 11 is 12.3. The zero-order chi connectivity index (χ0) is 25.2. The quantitative estimate of drug-likeness (QED) is 0.444. The normalized spacial score (nSPS) is 32.9. The van der Waals surface area contributed by atoms with Crippen molar-refractivity contribution in [2.24, 2.45) is 11.8 Å². The second-order valence-electron chi connectivity index (χ2n) is 10.0. The largest absolute Gasteiger partial charge is 0.394 e. The van der Waals surface area contributed by atoms with Gasteiger partial charge in [-0.1, -0.05) is 55.2 Å². The third-order valence-corrected chi connectivity index (χ3v) is 8.86. The van der Waals surface area contributed by atoms with Crippen LogP contribution in [0, 0.1) is 27.8 Å². The molecular formula is C25H26Cl2FN3O4. The van der Waals surface area contributed by atoms with Gasteiger partial charge in [-0.25, -0.2) is 4.39 Å². The number of carbonyl (C=O) groups excluding carboxylic acids is 1. The van der Waals surface area contributed by atoms with E-state index in [0.29, 0.717) is 41.0 Å². The molecule has 0 unspecified atom stereocenters. The Labute approximate surface area is 212 Å². The van der Waals surface area contributed by atoms with Crippen molar-refractivity contribution in [3.8, 4) is 0 Å². The van der Waals surface area contributed by atoms with Crippen molar-refractivity contribution in [2.45, 2.75) is 56.3 Å². The molecule has 6 atom stereocenters. The van der Waals surface area contributed by atoms with E-state index >= 15 is 4.39 Å². The number of carbonyl (C=O) groups is 1. The van der Waals surface area contributed by atoms with E-state index in [9.17, 15) is 20.0 Å². The summed E-state index contributed by atoms with van der Waals surface area (Å²) in [5.41, 5.74) is -0.714. The Bertz CT molecular complexity index is 1200. The van der Waals surface area contributed by atoms with Gasteiger partial charge in [-0.15, -0.1) is 0 Å². The van der Waals surface area contributed by atoms with Crippen LogP contribution >= 0.6 is 23.2 Å². The molecule has 0 aromatic heterocycles. The van der Waals surface area contributed by atoms with Crippen LogP contribution in [0.2, 0.25) is 10.0 Å². The molecule has 1 spiro atoms. The van der Waals surface area contributed by atoms with Crippen LogP contribution in [0.5, 0.6) is 0 Å². The van der Waals surface area contributed by atoms with E-state index in [1.54, 1.807) is 18.2 Å². The Morgan fingerprint density at radius 3 is 2.54 bits per heavy atom. The zero-order valence-corrected chi connectivity index (χ0v) is 20.8. The van der Waals surface area contributed by atoms with E-state index in [-0.39, 0.29) is 16.6 Å². The molecule has 35 heavy (non-hydrogen) atoms. The summed E-state index contributed by atoms with van der Waals surface area (Å²) in [6.07, 6.45) is 1.40. The van der Waals surface area contributed by atoms with Gasteiger partial charge in [-0.2, -0.15) is 0 Å². The maximum atomic E-state index is 15.6. The van der Waals surface area contributed by atoms with Crippen molar-refractivity contribution in [1.82, 2.24) is 4.90 Å². The summed E-state index contributed by atoms with van der Waals surface area (Å²) in [6, 6.07) is 6.55. The molecule has 10 heteroatoms. The van der Waals surface area contributed by atoms with Gasteiger partial charge in [0.15, 0.2) is 0 Å². The standard InChI is InChI=1S/C25H26Cl2FN3O4/c1-12-8-15(9-13(12)2)30-20(11-32)23(31(34)35)21(16-4-3-5-18(27)22(16)28)25(30)17-7-6-14(26)10-19(17)29-24(25)33/h3-7,10,12-13,15,20-21,23,32H,8-9,11H2,1-2H3,(H,29,33)/t12-,13-,20-,21-,23+,25+/m0/s1. The number of rotatable bonds is 4. The van der Waals surface area contributed by atoms with Crippen LogP contribution in [0.15, 0.2) is 36.4 Å². The molecular weight excluding hydrogens is 496 g/mol. The maximum absolute atomic E-state index is 15.6. The number of fused-ring (bicyclic) bond motifs is 2. The van der Waals surface area contributed by atoms with Gasteiger partial charge in [-0.05, 0) is 42.9 Å². The molecule has 2 N–H and O–H groups in total. The highest BCUT2D eigenvalue weighted by Crippen LogP contribution is 2.60. The lowest BCUT2D eigenvalue weighted by Gasteiger charge is -2.42. The SMILES string of the molecule is C[C@H]1CC(N2[C@@H](CO)[C@@H]([N+](=O)[O-])[C@H](c3cccc(Cl)c3F)[C@]23C(=O)Nc2cc(Cl)ccc23)C[C@@H]1C. The van der Waals surface area contributed by atoms with Crippen molar-refractivity contribution in [3.05, 3.63) is 73.5 Å². The number of halogens is 3. The minimum Gasteiger partial charge on any atom is -0.394 e. The average molecular weight is 522 g/mol. The van der Waals surface area contributed by atoms with Crippen LogP contribution in [0.3, 0.4) is 0 Å². The van der Waals surface area contributed by atoms with Crippen molar-refractivity contribution in [2.75, 3.05) is 11.9 Å². The Morgan fingerprint density at radius 2 is 1.91 bits per heavy atom. The molecule has 5 rings (SSSR count). The second kappa shape index (κ2) is 8.69. The minimum absolute atomic E-state index is 0.0165. The number of aliphatic hydroxyl groups excluding tert-OH is 1. The molecule has 0 bridgehead atoms. The lowest BCUT2D eigenvalue weighted by molar-refractivity contribution is -0.528. The van der Waals surface area contributed by atoms with Crippen molar-refractivity contribution in [3.63, 3.8) is 0 Å². The third-order valence-electron chi connectivity index (χ3n) is 8.34. The Morgan fingerprint density at radius 1 is 1.23 bits per heavy atom. The molecule has 2 heterocycles. The van der Waals surface area contributed by atoms with Gasteiger partial charge in [0.1, 0.15) is 17.4 Å². The zero-order valence-electron chi connectivity index (χ0n) is 19.2. The molecule has 2 aromatic rings. The molecule has 1 amide bonds. The Balaban J connectivity index is 1.85. The highest BCUT2D eigenvalue weighted by atomic mass is 35.5. The molecule has 1 saturated heterocycles. The summed E-state index contributed by atoms with van der Waals surface area (Å²) in [5.74, 6) is -1.88. The molecule has 1 saturated carbocycles. The third kappa shape index (κ3) is 3.41. The number of nitrogens with one attached hydrogen (secondary N) is 1. The number of benzene rings is 2. The van der Waals surface area contributed by atoms with E-state index in [1.807, 2.05) is 4.90 Å². The number of amides is 1. The van der Waals surface area contributed by atoms with Crippen LogP contribution in [-0.2, 0) is 10.3 Å². The van der Waals surface area contributed by atoms with Crippen LogP contribution < -0.4 is 5.32 Å². The van der Waals surface area contributed by atoms with Gasteiger partial charge < -0.3 is 10.4 Å². The maximum Gasteiger partial charge on any atom is 0.250 e. The first kappa shape index (κ1) is 24.4. The number of nitrogens with zero attached hydrogens (tertiary/aromatic N) is 2. The predicted octanol–water partition coefficient (Wildman–Crippen LogP) is 4.82. The number of hydrogen-bond acceptors (Lipinski definition) is 5. The Hall–Kier alpha value is -2.26. The Kier molecular flexibility index (Phi) is 6.07. The first-order valence-electron chi connectivity index (χ1n) is 11.7. The second-order valence-corrected chi connectivity index (χ2v) is 10.9. The summed E-state index contributed by atoms with van der Waals surface area (Å²) in [5, 5.41) is 26.2. The predicted molar refractivity (Wildman–Crippen MR) is 131 cm³/mol. The number of likely N-dealkylation sites (tertiary alicyclic amines) is 1. The monoisotopic (exact) mass is 521 g/mol. The van der Waals surface area contributed by atoms with Gasteiger partial charge in [0.2, 0.25) is 6.04 Å². The van der Waals surface area contributed by atoms with Gasteiger partial charge in [0.25, 0.3) is 5.91 Å². The molecule has 2 aromatic carbocycles. The topological polar surface area (TPSA) is 95.7 Å². The first-order valence-corrected chi connectivity index (χ1v) is 12.5. The summed E-state index contributed by atoms with van der Waals surface area (Å²) in [7, 11) is 0. The number of hydrogen-bond donors (Lipinski definition) is 2. The fourth-order valence-electron chi connectivity index (χ4n) is 6.75. The molecule has 2 aliphatic heterocycles. The van der Waals surface area contributed by atoms with Gasteiger partial charge in [0, 0.05) is 32.8 Å². The molecule has 1 aliphatic carbocycles. The summed E-state index contributed by atoms with van der Waals surface area (Å²) < 4.78 is 15.6. The van der Waals surface area contributed by atoms with Crippen molar-refractivity contribution in [1.29, 1.82) is 0 Å². The number of aliphatic hydroxyl groups is 1. The fourth-order valence-corrected chi connectivity index (χ4v) is 7.10. The lowest BCUT2D eigenvalue weighted by atomic mass is 9.73. The fraction of sp³-hybridized carbons (Fsp3) is 0.480. The average Bonchev–Trinajstić information content (AvgIpc) is 3.40. The van der Waals surface area contributed by atoms with Crippen LogP contribution in [0.1, 0.15) is 43.7 Å². The van der Waals surface area contributed by atoms with E-state index in [0.717, 1.165) is 0 Å². The van der Waals surface area contributed by atoms with E-state index in [1.165, 1.54) is 18.2 Å². The van der Waals surface area contributed by atoms with Gasteiger partial charge >= 0.3 is 0 Å². The minimum atomic E-state index is -1.62. The van der Waals surface area contributed by atoms with Gasteiger partial charge in [-0.3, -0.25) is 19.8 Å². The van der Waals surface area contributed by atoms with Crippen LogP contribution in [0.4, 0.5) is 10.1 Å². The van der Waals surface area contributed by atoms with Crippen LogP contribution in [-0.4, -0.2) is 45.6 Å². The molecule has 0 radical (unpaired) electrons.